The monoisotopic (exact) mass is 484 g/mol. The van der Waals surface area contributed by atoms with Crippen molar-refractivity contribution in [1.29, 1.82) is 0 Å². The SMILES string of the molecule is CC(C)(C)c1ccccc1Oc1ncccc1Nc1nc2c(s1)CN(CCc1ccccc1)CC2. The molecule has 4 aromatic rings. The third-order valence-electron chi connectivity index (χ3n) is 6.28. The van der Waals surface area contributed by atoms with E-state index in [1.54, 1.807) is 17.5 Å². The molecule has 180 valence electrons. The fourth-order valence-electron chi connectivity index (χ4n) is 4.39. The Morgan fingerprint density at radius 1 is 1.00 bits per heavy atom. The summed E-state index contributed by atoms with van der Waals surface area (Å²) in [6.45, 7) is 9.64. The van der Waals surface area contributed by atoms with Gasteiger partial charge in [-0.05, 0) is 35.6 Å². The van der Waals surface area contributed by atoms with Crippen LogP contribution in [0.15, 0.2) is 72.9 Å². The molecule has 5 rings (SSSR count). The van der Waals surface area contributed by atoms with Crippen LogP contribution in [0.5, 0.6) is 11.6 Å². The molecule has 0 fully saturated rings. The molecule has 6 heteroatoms. The first kappa shape index (κ1) is 23.5. The molecule has 0 saturated heterocycles. The summed E-state index contributed by atoms with van der Waals surface area (Å²) in [6.07, 6.45) is 3.82. The van der Waals surface area contributed by atoms with Crippen molar-refractivity contribution in [2.45, 2.75) is 45.6 Å². The lowest BCUT2D eigenvalue weighted by atomic mass is 9.86. The first-order valence-corrected chi connectivity index (χ1v) is 13.0. The molecule has 0 radical (unpaired) electrons. The van der Waals surface area contributed by atoms with Crippen molar-refractivity contribution in [2.24, 2.45) is 0 Å². The summed E-state index contributed by atoms with van der Waals surface area (Å²) in [5.74, 6) is 1.39. The lowest BCUT2D eigenvalue weighted by Gasteiger charge is -2.25. The number of rotatable bonds is 7. The van der Waals surface area contributed by atoms with Gasteiger partial charge in [0.2, 0.25) is 5.88 Å². The summed E-state index contributed by atoms with van der Waals surface area (Å²) in [4.78, 5) is 13.3. The van der Waals surface area contributed by atoms with Crippen LogP contribution in [-0.4, -0.2) is 28.0 Å². The Morgan fingerprint density at radius 2 is 1.80 bits per heavy atom. The lowest BCUT2D eigenvalue weighted by molar-refractivity contribution is 0.259. The summed E-state index contributed by atoms with van der Waals surface area (Å²) >= 11 is 1.73. The first-order valence-electron chi connectivity index (χ1n) is 12.2. The van der Waals surface area contributed by atoms with Crippen LogP contribution >= 0.6 is 11.3 Å². The third-order valence-corrected chi connectivity index (χ3v) is 7.28. The van der Waals surface area contributed by atoms with Gasteiger partial charge in [0.05, 0.1) is 5.69 Å². The van der Waals surface area contributed by atoms with Crippen LogP contribution in [0.2, 0.25) is 0 Å². The summed E-state index contributed by atoms with van der Waals surface area (Å²) in [5.41, 5.74) is 4.54. The summed E-state index contributed by atoms with van der Waals surface area (Å²) < 4.78 is 6.33. The second-order valence-electron chi connectivity index (χ2n) is 9.98. The molecule has 0 amide bonds. The minimum Gasteiger partial charge on any atom is -0.437 e. The largest absolute Gasteiger partial charge is 0.437 e. The van der Waals surface area contributed by atoms with E-state index in [0.717, 1.165) is 54.6 Å². The van der Waals surface area contributed by atoms with Gasteiger partial charge in [-0.2, -0.15) is 0 Å². The molecule has 0 atom stereocenters. The number of ether oxygens (including phenoxy) is 1. The van der Waals surface area contributed by atoms with E-state index in [4.69, 9.17) is 9.72 Å². The standard InChI is InChI=1S/C29H32N4OS/c1-29(2,3)22-12-7-8-14-25(22)34-27-24(13-9-17-30-27)32-28-31-23-16-19-33(20-26(23)35-28)18-15-21-10-5-4-6-11-21/h4-14,17H,15-16,18-20H2,1-3H3,(H,31,32). The van der Waals surface area contributed by atoms with Gasteiger partial charge in [-0.15, -0.1) is 11.3 Å². The van der Waals surface area contributed by atoms with Gasteiger partial charge in [0.1, 0.15) is 11.4 Å². The van der Waals surface area contributed by atoms with Gasteiger partial charge in [0, 0.05) is 42.7 Å². The molecule has 0 unspecified atom stereocenters. The molecule has 3 heterocycles. The van der Waals surface area contributed by atoms with E-state index in [0.29, 0.717) is 5.88 Å². The lowest BCUT2D eigenvalue weighted by Crippen LogP contribution is -2.31. The summed E-state index contributed by atoms with van der Waals surface area (Å²) in [7, 11) is 0. The number of para-hydroxylation sites is 1. The highest BCUT2D eigenvalue weighted by Gasteiger charge is 2.22. The molecule has 2 aromatic heterocycles. The Kier molecular flexibility index (Phi) is 6.84. The second-order valence-corrected chi connectivity index (χ2v) is 11.1. The Morgan fingerprint density at radius 3 is 2.63 bits per heavy atom. The highest BCUT2D eigenvalue weighted by atomic mass is 32.1. The minimum absolute atomic E-state index is 0.0281. The number of nitrogens with zero attached hydrogens (tertiary/aromatic N) is 3. The maximum Gasteiger partial charge on any atom is 0.243 e. The Balaban J connectivity index is 1.29. The Bertz CT molecular complexity index is 1280. The molecular weight excluding hydrogens is 452 g/mol. The normalized spacial score (nSPS) is 13.9. The third kappa shape index (κ3) is 5.72. The van der Waals surface area contributed by atoms with Crippen LogP contribution in [0.4, 0.5) is 10.8 Å². The highest BCUT2D eigenvalue weighted by molar-refractivity contribution is 7.15. The van der Waals surface area contributed by atoms with E-state index in [9.17, 15) is 0 Å². The fraction of sp³-hybridized carbons (Fsp3) is 0.310. The van der Waals surface area contributed by atoms with Crippen molar-refractivity contribution in [3.8, 4) is 11.6 Å². The van der Waals surface area contributed by atoms with Gasteiger partial charge in [-0.3, -0.25) is 4.90 Å². The molecule has 0 bridgehead atoms. The summed E-state index contributed by atoms with van der Waals surface area (Å²) in [5, 5.41) is 4.37. The zero-order chi connectivity index (χ0) is 24.3. The van der Waals surface area contributed by atoms with Crippen LogP contribution in [0.25, 0.3) is 0 Å². The molecule has 1 N–H and O–H groups in total. The zero-order valence-corrected chi connectivity index (χ0v) is 21.4. The van der Waals surface area contributed by atoms with Gasteiger partial charge in [-0.1, -0.05) is 69.3 Å². The maximum absolute atomic E-state index is 6.33. The topological polar surface area (TPSA) is 50.3 Å². The van der Waals surface area contributed by atoms with Crippen LogP contribution in [0, 0.1) is 0 Å². The maximum atomic E-state index is 6.33. The van der Waals surface area contributed by atoms with Crippen LogP contribution in [-0.2, 0) is 24.8 Å². The van der Waals surface area contributed by atoms with E-state index >= 15 is 0 Å². The predicted molar refractivity (Wildman–Crippen MR) is 144 cm³/mol. The molecule has 2 aromatic carbocycles. The molecular formula is C29H32N4OS. The van der Waals surface area contributed by atoms with E-state index < -0.39 is 0 Å². The number of anilines is 2. The number of hydrogen-bond acceptors (Lipinski definition) is 6. The van der Waals surface area contributed by atoms with Crippen molar-refractivity contribution >= 4 is 22.2 Å². The Hall–Kier alpha value is -3.22. The van der Waals surface area contributed by atoms with Crippen LogP contribution in [0.3, 0.4) is 0 Å². The zero-order valence-electron chi connectivity index (χ0n) is 20.6. The van der Waals surface area contributed by atoms with Crippen molar-refractivity contribution < 1.29 is 4.74 Å². The second kappa shape index (κ2) is 10.2. The number of nitrogens with one attached hydrogen (secondary N) is 1. The predicted octanol–water partition coefficient (Wildman–Crippen LogP) is 6.97. The quantitative estimate of drug-likeness (QED) is 0.307. The smallest absolute Gasteiger partial charge is 0.243 e. The average Bonchev–Trinajstić information content (AvgIpc) is 3.26. The van der Waals surface area contributed by atoms with E-state index in [1.807, 2.05) is 30.3 Å². The number of aromatic nitrogens is 2. The number of thiazole rings is 1. The molecule has 35 heavy (non-hydrogen) atoms. The minimum atomic E-state index is -0.0281. The van der Waals surface area contributed by atoms with Gasteiger partial charge in [-0.25, -0.2) is 9.97 Å². The molecule has 5 nitrogen and oxygen atoms in total. The first-order chi connectivity index (χ1) is 17.0. The van der Waals surface area contributed by atoms with Crippen molar-refractivity contribution in [3.05, 3.63) is 94.6 Å². The van der Waals surface area contributed by atoms with Crippen molar-refractivity contribution in [2.75, 3.05) is 18.4 Å². The van der Waals surface area contributed by atoms with E-state index in [-0.39, 0.29) is 5.41 Å². The van der Waals surface area contributed by atoms with Gasteiger partial charge < -0.3 is 10.1 Å². The molecule has 0 aliphatic carbocycles. The molecule has 0 saturated carbocycles. The number of pyridine rings is 1. The molecule has 1 aliphatic heterocycles. The van der Waals surface area contributed by atoms with Crippen molar-refractivity contribution in [1.82, 2.24) is 14.9 Å². The highest BCUT2D eigenvalue weighted by Crippen LogP contribution is 2.37. The number of benzene rings is 2. The Labute approximate surface area is 211 Å². The van der Waals surface area contributed by atoms with Crippen LogP contribution < -0.4 is 10.1 Å². The van der Waals surface area contributed by atoms with Crippen molar-refractivity contribution in [3.63, 3.8) is 0 Å². The van der Waals surface area contributed by atoms with Crippen LogP contribution in [0.1, 0.15) is 42.5 Å². The number of fused-ring (bicyclic) bond motifs is 1. The van der Waals surface area contributed by atoms with Gasteiger partial charge in [0.25, 0.3) is 0 Å². The fourth-order valence-corrected chi connectivity index (χ4v) is 5.45. The van der Waals surface area contributed by atoms with E-state index in [1.165, 1.54) is 16.1 Å². The van der Waals surface area contributed by atoms with Gasteiger partial charge >= 0.3 is 0 Å². The summed E-state index contributed by atoms with van der Waals surface area (Å²) in [6, 6.07) is 22.8. The number of hydrogen-bond donors (Lipinski definition) is 1. The average molecular weight is 485 g/mol. The van der Waals surface area contributed by atoms with Gasteiger partial charge in [0.15, 0.2) is 5.13 Å². The van der Waals surface area contributed by atoms with E-state index in [2.05, 4.69) is 72.4 Å². The molecule has 1 aliphatic rings. The molecule has 0 spiro atoms.